The Hall–Kier alpha value is -3.90. The molecular formula is C36H50O14P2. The largest absolute Gasteiger partial charge is 0.481 e. The molecule has 16 heteroatoms. The highest BCUT2D eigenvalue weighted by Crippen LogP contribution is 2.47. The van der Waals surface area contributed by atoms with Gasteiger partial charge in [0, 0.05) is 39.5 Å². The zero-order valence-corrected chi connectivity index (χ0v) is 31.8. The van der Waals surface area contributed by atoms with Crippen LogP contribution < -0.4 is 10.6 Å². The summed E-state index contributed by atoms with van der Waals surface area (Å²) >= 11 is 0. The SMILES string of the molecule is C=C(C)C(=O)OCC(C)(CO)COC(=O)CCP(=O)(O)c1ccccc1.C=C(C)C(=O)OCC(C)(CO)COP(=O)(CCC(=O)O)c1ccccc1. The molecule has 288 valence electrons. The molecule has 2 aromatic carbocycles. The van der Waals surface area contributed by atoms with E-state index >= 15 is 0 Å². The third-order valence-electron chi connectivity index (χ3n) is 7.32. The number of carboxylic acid groups (broad SMARTS) is 1. The number of carboxylic acids is 1. The molecule has 4 atom stereocenters. The van der Waals surface area contributed by atoms with Gasteiger partial charge >= 0.3 is 23.9 Å². The second-order valence-corrected chi connectivity index (χ2v) is 17.9. The van der Waals surface area contributed by atoms with Gasteiger partial charge in [-0.3, -0.25) is 18.7 Å². The Morgan fingerprint density at radius 3 is 1.52 bits per heavy atom. The lowest BCUT2D eigenvalue weighted by molar-refractivity contribution is -0.153. The van der Waals surface area contributed by atoms with E-state index in [0.29, 0.717) is 5.30 Å². The number of benzene rings is 2. The summed E-state index contributed by atoms with van der Waals surface area (Å²) in [5, 5.41) is 28.7. The Morgan fingerprint density at radius 2 is 1.10 bits per heavy atom. The van der Waals surface area contributed by atoms with Crippen molar-refractivity contribution >= 4 is 49.2 Å². The van der Waals surface area contributed by atoms with Gasteiger partial charge in [-0.05, 0) is 38.1 Å². The lowest BCUT2D eigenvalue weighted by Gasteiger charge is -2.29. The molecule has 0 aromatic heterocycles. The van der Waals surface area contributed by atoms with E-state index in [4.69, 9.17) is 23.8 Å². The first-order valence-corrected chi connectivity index (χ1v) is 19.8. The first-order chi connectivity index (χ1) is 24.2. The molecule has 0 heterocycles. The van der Waals surface area contributed by atoms with Gasteiger partial charge in [0.25, 0.3) is 0 Å². The number of hydrogen-bond acceptors (Lipinski definition) is 12. The molecule has 0 saturated carbocycles. The van der Waals surface area contributed by atoms with Crippen molar-refractivity contribution in [3.05, 3.63) is 85.0 Å². The number of esters is 3. The van der Waals surface area contributed by atoms with Gasteiger partial charge in [0.15, 0.2) is 0 Å². The molecule has 0 saturated heterocycles. The fourth-order valence-corrected chi connectivity index (χ4v) is 7.33. The van der Waals surface area contributed by atoms with Crippen molar-refractivity contribution in [3.63, 3.8) is 0 Å². The standard InChI is InChI=1S/2C18H25O7P/c1-14(2)17(21)25-13-18(3,11-19)12-24-16(20)9-10-26(22,23)15-7-5-4-6-8-15;1-14(2)17(22)24-12-18(3,11-19)13-25-26(23,10-9-16(20)21)15-7-5-4-6-8-15/h4-8,19H,1,9-13H2,2-3H3,(H,22,23);4-8,19H,1,9-13H2,2-3H3,(H,20,21). The van der Waals surface area contributed by atoms with Crippen LogP contribution in [0.5, 0.6) is 0 Å². The summed E-state index contributed by atoms with van der Waals surface area (Å²) in [5.74, 6) is -2.94. The monoisotopic (exact) mass is 768 g/mol. The number of aliphatic hydroxyl groups excluding tert-OH is 2. The molecule has 52 heavy (non-hydrogen) atoms. The molecular weight excluding hydrogens is 718 g/mol. The van der Waals surface area contributed by atoms with Gasteiger partial charge in [-0.1, -0.05) is 63.4 Å². The van der Waals surface area contributed by atoms with E-state index in [9.17, 15) is 43.4 Å². The summed E-state index contributed by atoms with van der Waals surface area (Å²) in [6.45, 7) is 11.8. The smallest absolute Gasteiger partial charge is 0.333 e. The van der Waals surface area contributed by atoms with Crippen LogP contribution in [0.4, 0.5) is 0 Å². The molecule has 4 unspecified atom stereocenters. The maximum atomic E-state index is 13.2. The van der Waals surface area contributed by atoms with Crippen molar-refractivity contribution in [1.82, 2.24) is 0 Å². The molecule has 0 bridgehead atoms. The van der Waals surface area contributed by atoms with E-state index in [2.05, 4.69) is 13.2 Å². The van der Waals surface area contributed by atoms with E-state index in [1.165, 1.54) is 26.0 Å². The van der Waals surface area contributed by atoms with Gasteiger partial charge in [-0.15, -0.1) is 0 Å². The van der Waals surface area contributed by atoms with Crippen LogP contribution in [0.2, 0.25) is 0 Å². The number of aliphatic hydroxyl groups is 2. The lowest BCUT2D eigenvalue weighted by Crippen LogP contribution is -2.35. The maximum absolute atomic E-state index is 13.2. The minimum atomic E-state index is -3.64. The molecule has 0 aliphatic carbocycles. The Labute approximate surface area is 304 Å². The summed E-state index contributed by atoms with van der Waals surface area (Å²) < 4.78 is 46.3. The van der Waals surface area contributed by atoms with Crippen molar-refractivity contribution in [2.45, 2.75) is 40.5 Å². The maximum Gasteiger partial charge on any atom is 0.333 e. The molecule has 0 fully saturated rings. The van der Waals surface area contributed by atoms with Crippen LogP contribution in [0.1, 0.15) is 40.5 Å². The zero-order chi connectivity index (χ0) is 39.6. The van der Waals surface area contributed by atoms with E-state index in [-0.39, 0.29) is 81.3 Å². The molecule has 0 aliphatic rings. The number of carbonyl (C=O) groups excluding carboxylic acids is 3. The van der Waals surface area contributed by atoms with Crippen molar-refractivity contribution in [2.75, 3.05) is 52.0 Å². The summed E-state index contributed by atoms with van der Waals surface area (Å²) in [7, 11) is -7.09. The first-order valence-electron chi connectivity index (χ1n) is 16.1. The minimum absolute atomic E-state index is 0.148. The molecule has 14 nitrogen and oxygen atoms in total. The van der Waals surface area contributed by atoms with Gasteiger partial charge < -0.3 is 38.9 Å². The molecule has 0 radical (unpaired) electrons. The van der Waals surface area contributed by atoms with Gasteiger partial charge in [0.05, 0.1) is 38.1 Å². The van der Waals surface area contributed by atoms with E-state index in [1.54, 1.807) is 62.4 Å². The van der Waals surface area contributed by atoms with Crippen LogP contribution in [0, 0.1) is 10.8 Å². The average molecular weight is 769 g/mol. The van der Waals surface area contributed by atoms with Crippen molar-refractivity contribution < 1.29 is 67.3 Å². The Kier molecular flexibility index (Phi) is 19.1. The fraction of sp³-hybridized carbons (Fsp3) is 0.444. The molecule has 2 aromatic rings. The van der Waals surface area contributed by atoms with E-state index in [0.717, 1.165) is 0 Å². The Bertz CT molecular complexity index is 1610. The number of carbonyl (C=O) groups is 4. The second kappa shape index (κ2) is 21.6. The Morgan fingerprint density at radius 1 is 0.673 bits per heavy atom. The van der Waals surface area contributed by atoms with Crippen LogP contribution in [0.3, 0.4) is 0 Å². The molecule has 0 amide bonds. The van der Waals surface area contributed by atoms with Gasteiger partial charge in [-0.25, -0.2) is 9.59 Å². The van der Waals surface area contributed by atoms with Crippen LogP contribution in [0.25, 0.3) is 0 Å². The Balaban J connectivity index is 0.000000520. The molecule has 2 rings (SSSR count). The third-order valence-corrected chi connectivity index (χ3v) is 11.7. The lowest BCUT2D eigenvalue weighted by atomic mass is 9.94. The van der Waals surface area contributed by atoms with Crippen LogP contribution >= 0.6 is 14.7 Å². The summed E-state index contributed by atoms with van der Waals surface area (Å²) in [4.78, 5) is 55.8. The first kappa shape index (κ1) is 46.1. The summed E-state index contributed by atoms with van der Waals surface area (Å²) in [5.41, 5.74) is -1.51. The number of hydrogen-bond donors (Lipinski definition) is 4. The number of rotatable bonds is 21. The summed E-state index contributed by atoms with van der Waals surface area (Å²) in [6.07, 6.45) is -0.960. The topological polar surface area (TPSA) is 220 Å². The van der Waals surface area contributed by atoms with Crippen LogP contribution in [0.15, 0.2) is 85.0 Å². The zero-order valence-electron chi connectivity index (χ0n) is 30.0. The van der Waals surface area contributed by atoms with Crippen molar-refractivity contribution in [3.8, 4) is 0 Å². The predicted octanol–water partition coefficient (Wildman–Crippen LogP) is 3.83. The number of ether oxygens (including phenoxy) is 3. The van der Waals surface area contributed by atoms with E-state index < -0.39 is 49.4 Å². The van der Waals surface area contributed by atoms with Crippen LogP contribution in [-0.4, -0.2) is 96.1 Å². The molecule has 4 N–H and O–H groups in total. The summed E-state index contributed by atoms with van der Waals surface area (Å²) in [6, 6.07) is 16.4. The highest BCUT2D eigenvalue weighted by Gasteiger charge is 2.34. The molecule has 0 spiro atoms. The average Bonchev–Trinajstić information content (AvgIpc) is 3.13. The van der Waals surface area contributed by atoms with Crippen molar-refractivity contribution in [1.29, 1.82) is 0 Å². The van der Waals surface area contributed by atoms with Crippen molar-refractivity contribution in [2.24, 2.45) is 10.8 Å². The van der Waals surface area contributed by atoms with E-state index in [1.807, 2.05) is 0 Å². The highest BCUT2D eigenvalue weighted by atomic mass is 31.2. The van der Waals surface area contributed by atoms with Crippen LogP contribution in [-0.2, 0) is 47.0 Å². The fourth-order valence-electron chi connectivity index (χ4n) is 3.78. The molecule has 0 aliphatic heterocycles. The predicted molar refractivity (Wildman–Crippen MR) is 195 cm³/mol. The minimum Gasteiger partial charge on any atom is -0.481 e. The van der Waals surface area contributed by atoms with Gasteiger partial charge in [0.1, 0.15) is 19.8 Å². The third kappa shape index (κ3) is 16.6. The number of aliphatic carboxylic acids is 1. The van der Waals surface area contributed by atoms with Gasteiger partial charge in [-0.2, -0.15) is 0 Å². The highest BCUT2D eigenvalue weighted by molar-refractivity contribution is 7.67. The van der Waals surface area contributed by atoms with Gasteiger partial charge in [0.2, 0.25) is 14.7 Å². The second-order valence-electron chi connectivity index (χ2n) is 13.0. The quantitative estimate of drug-likeness (QED) is 0.0614. The normalized spacial score (nSPS) is 15.4.